The average molecular weight is 315 g/mol. The molecule has 2 aromatic heterocycles. The lowest BCUT2D eigenvalue weighted by Crippen LogP contribution is -2.43. The number of aromatic nitrogens is 3. The highest BCUT2D eigenvalue weighted by atomic mass is 35.5. The number of hydrogen-bond acceptors (Lipinski definition) is 7. The molecule has 114 valence electrons. The number of nitrogens with one attached hydrogen (secondary N) is 1. The number of aliphatic hydroxyl groups is 3. The van der Waals surface area contributed by atoms with Gasteiger partial charge in [-0.2, -0.15) is 5.10 Å². The van der Waals surface area contributed by atoms with Crippen molar-refractivity contribution in [2.24, 2.45) is 0 Å². The molecule has 0 radical (unpaired) electrons. The number of fused-ring (bicyclic) bond motifs is 1. The fourth-order valence-corrected chi connectivity index (χ4v) is 2.80. The van der Waals surface area contributed by atoms with Gasteiger partial charge in [0.2, 0.25) is 0 Å². The summed E-state index contributed by atoms with van der Waals surface area (Å²) in [4.78, 5) is 6.41. The second-order valence-corrected chi connectivity index (χ2v) is 5.36. The molecule has 1 aliphatic rings. The highest BCUT2D eigenvalue weighted by Crippen LogP contribution is 2.41. The molecular formula is C12H15ClN4O4. The summed E-state index contributed by atoms with van der Waals surface area (Å²) >= 11 is 5.59. The van der Waals surface area contributed by atoms with Crippen molar-refractivity contribution in [1.29, 1.82) is 0 Å². The SMILES string of the molecule is C[C@@]1(O)[C@H](O)C(CO)O[C@H]1c1ccc2c(NCl)ncnn12. The first-order chi connectivity index (χ1) is 10.0. The van der Waals surface area contributed by atoms with E-state index in [-0.39, 0.29) is 6.61 Å². The van der Waals surface area contributed by atoms with Gasteiger partial charge in [-0.1, -0.05) is 0 Å². The fourth-order valence-electron chi connectivity index (χ4n) is 2.66. The topological polar surface area (TPSA) is 112 Å². The number of aliphatic hydroxyl groups excluding tert-OH is 2. The summed E-state index contributed by atoms with van der Waals surface area (Å²) in [5.41, 5.74) is -0.425. The molecule has 0 bridgehead atoms. The van der Waals surface area contributed by atoms with E-state index in [2.05, 4.69) is 14.9 Å². The summed E-state index contributed by atoms with van der Waals surface area (Å²) in [6.45, 7) is 1.07. The Hall–Kier alpha value is -1.45. The molecule has 2 aromatic rings. The third-order valence-corrected chi connectivity index (χ3v) is 3.99. The minimum Gasteiger partial charge on any atom is -0.394 e. The Balaban J connectivity index is 2.09. The van der Waals surface area contributed by atoms with Crippen molar-refractivity contribution in [3.8, 4) is 0 Å². The van der Waals surface area contributed by atoms with Crippen LogP contribution in [-0.4, -0.2) is 54.3 Å². The van der Waals surface area contributed by atoms with Gasteiger partial charge in [0.25, 0.3) is 0 Å². The van der Waals surface area contributed by atoms with Crippen LogP contribution in [0.25, 0.3) is 5.52 Å². The van der Waals surface area contributed by atoms with Gasteiger partial charge in [0, 0.05) is 11.8 Å². The lowest BCUT2D eigenvalue weighted by atomic mass is 9.91. The Labute approximate surface area is 125 Å². The van der Waals surface area contributed by atoms with Crippen LogP contribution in [0.1, 0.15) is 18.7 Å². The molecule has 0 amide bonds. The average Bonchev–Trinajstić information content (AvgIpc) is 2.99. The quantitative estimate of drug-likeness (QED) is 0.582. The highest BCUT2D eigenvalue weighted by Gasteiger charge is 2.53. The van der Waals surface area contributed by atoms with Crippen LogP contribution in [0, 0.1) is 0 Å². The number of anilines is 1. The van der Waals surface area contributed by atoms with Crippen molar-refractivity contribution in [2.75, 3.05) is 11.4 Å². The van der Waals surface area contributed by atoms with Crippen molar-refractivity contribution in [3.05, 3.63) is 24.2 Å². The Bertz CT molecular complexity index is 662. The standard InChI is InChI=1S/C12H15ClN4O4/c1-12(20)9(19)8(4-18)21-10(12)6-2-3-7-11(16-13)14-5-15-17(6)7/h2-3,5,8-10,18-20H,4H2,1H3,(H,14,15,16)/t8?,9-,10+,12-/m1/s1. The zero-order chi connectivity index (χ0) is 15.2. The van der Waals surface area contributed by atoms with Crippen LogP contribution in [-0.2, 0) is 4.74 Å². The van der Waals surface area contributed by atoms with Crippen molar-refractivity contribution >= 4 is 23.1 Å². The van der Waals surface area contributed by atoms with Crippen LogP contribution >= 0.6 is 11.8 Å². The molecule has 0 saturated carbocycles. The highest BCUT2D eigenvalue weighted by molar-refractivity contribution is 6.24. The molecule has 0 spiro atoms. The van der Waals surface area contributed by atoms with Crippen LogP contribution in [0.4, 0.5) is 5.82 Å². The minimum atomic E-state index is -1.55. The largest absolute Gasteiger partial charge is 0.394 e. The summed E-state index contributed by atoms with van der Waals surface area (Å²) in [5, 5.41) is 33.9. The van der Waals surface area contributed by atoms with Crippen LogP contribution < -0.4 is 4.84 Å². The zero-order valence-corrected chi connectivity index (χ0v) is 11.9. The summed E-state index contributed by atoms with van der Waals surface area (Å²) in [6, 6.07) is 3.42. The molecular weight excluding hydrogens is 300 g/mol. The third-order valence-electron chi connectivity index (χ3n) is 3.81. The van der Waals surface area contributed by atoms with Gasteiger partial charge in [-0.15, -0.1) is 0 Å². The van der Waals surface area contributed by atoms with E-state index in [1.807, 2.05) is 0 Å². The second kappa shape index (κ2) is 5.08. The fraction of sp³-hybridized carbons (Fsp3) is 0.500. The van der Waals surface area contributed by atoms with Gasteiger partial charge in [-0.3, -0.25) is 4.84 Å². The number of halogens is 1. The van der Waals surface area contributed by atoms with E-state index in [1.54, 1.807) is 12.1 Å². The third kappa shape index (κ3) is 2.07. The molecule has 3 heterocycles. The monoisotopic (exact) mass is 314 g/mol. The lowest BCUT2D eigenvalue weighted by molar-refractivity contribution is -0.0664. The van der Waals surface area contributed by atoms with E-state index < -0.39 is 23.9 Å². The van der Waals surface area contributed by atoms with Gasteiger partial charge in [0.1, 0.15) is 35.8 Å². The first-order valence-corrected chi connectivity index (χ1v) is 6.74. The van der Waals surface area contributed by atoms with E-state index in [4.69, 9.17) is 16.5 Å². The van der Waals surface area contributed by atoms with Crippen LogP contribution in [0.15, 0.2) is 18.5 Å². The van der Waals surface area contributed by atoms with Crippen molar-refractivity contribution in [3.63, 3.8) is 0 Å². The molecule has 8 nitrogen and oxygen atoms in total. The summed E-state index contributed by atoms with van der Waals surface area (Å²) in [7, 11) is 0. The van der Waals surface area contributed by atoms with Crippen LogP contribution in [0.2, 0.25) is 0 Å². The molecule has 21 heavy (non-hydrogen) atoms. The summed E-state index contributed by atoms with van der Waals surface area (Å²) < 4.78 is 7.10. The number of rotatable bonds is 3. The van der Waals surface area contributed by atoms with Gasteiger partial charge in [0.05, 0.1) is 12.3 Å². The molecule has 1 unspecified atom stereocenters. The van der Waals surface area contributed by atoms with Crippen molar-refractivity contribution in [2.45, 2.75) is 30.8 Å². The zero-order valence-electron chi connectivity index (χ0n) is 11.1. The van der Waals surface area contributed by atoms with Gasteiger partial charge < -0.3 is 20.1 Å². The van der Waals surface area contributed by atoms with Crippen LogP contribution in [0.5, 0.6) is 0 Å². The predicted molar refractivity (Wildman–Crippen MR) is 73.8 cm³/mol. The Kier molecular flexibility index (Phi) is 3.50. The van der Waals surface area contributed by atoms with E-state index in [0.29, 0.717) is 17.0 Å². The first-order valence-electron chi connectivity index (χ1n) is 6.36. The van der Waals surface area contributed by atoms with Gasteiger partial charge in [-0.05, 0) is 19.1 Å². The molecule has 1 saturated heterocycles. The number of nitrogens with zero attached hydrogens (tertiary/aromatic N) is 3. The molecule has 1 aliphatic heterocycles. The van der Waals surface area contributed by atoms with Gasteiger partial charge in [0.15, 0.2) is 5.82 Å². The minimum absolute atomic E-state index is 0.388. The second-order valence-electron chi connectivity index (χ2n) is 5.17. The van der Waals surface area contributed by atoms with E-state index in [9.17, 15) is 15.3 Å². The Morgan fingerprint density at radius 2 is 2.29 bits per heavy atom. The van der Waals surface area contributed by atoms with E-state index >= 15 is 0 Å². The summed E-state index contributed by atoms with van der Waals surface area (Å²) in [6.07, 6.45) is -1.59. The maximum Gasteiger partial charge on any atom is 0.168 e. The number of ether oxygens (including phenoxy) is 1. The maximum absolute atomic E-state index is 10.5. The van der Waals surface area contributed by atoms with E-state index in [1.165, 1.54) is 17.8 Å². The summed E-state index contributed by atoms with van der Waals surface area (Å²) in [5.74, 6) is 0.412. The van der Waals surface area contributed by atoms with Crippen LogP contribution in [0.3, 0.4) is 0 Å². The molecule has 4 atom stereocenters. The van der Waals surface area contributed by atoms with E-state index in [0.717, 1.165) is 0 Å². The number of hydrogen-bond donors (Lipinski definition) is 4. The molecule has 1 fully saturated rings. The molecule has 3 rings (SSSR count). The maximum atomic E-state index is 10.5. The molecule has 4 N–H and O–H groups in total. The predicted octanol–water partition coefficient (Wildman–Crippen LogP) is -0.161. The lowest BCUT2D eigenvalue weighted by Gasteiger charge is -2.26. The van der Waals surface area contributed by atoms with Crippen molar-refractivity contribution in [1.82, 2.24) is 14.6 Å². The molecule has 0 aromatic carbocycles. The van der Waals surface area contributed by atoms with Gasteiger partial charge in [-0.25, -0.2) is 9.50 Å². The smallest absolute Gasteiger partial charge is 0.168 e. The van der Waals surface area contributed by atoms with Gasteiger partial charge >= 0.3 is 0 Å². The van der Waals surface area contributed by atoms with Crippen molar-refractivity contribution < 1.29 is 20.1 Å². The molecule has 9 heteroatoms. The normalized spacial score (nSPS) is 32.7. The Morgan fingerprint density at radius 1 is 1.52 bits per heavy atom. The Morgan fingerprint density at radius 3 is 2.90 bits per heavy atom. The molecule has 0 aliphatic carbocycles. The first kappa shape index (κ1) is 14.5.